The lowest BCUT2D eigenvalue weighted by atomic mass is 10.1. The van der Waals surface area contributed by atoms with Crippen molar-refractivity contribution in [1.82, 2.24) is 15.5 Å². The number of furan rings is 2. The molecule has 1 aromatic carbocycles. The number of amides is 1. The third-order valence-corrected chi connectivity index (χ3v) is 4.44. The molecule has 1 amide bonds. The SMILES string of the molecule is Cc1c(-c2nnc(C(=O)N[C@H](C)Cc3ccco3)o2)oc2c(C)cccc12. The second kappa shape index (κ2) is 6.75. The minimum Gasteiger partial charge on any atom is -0.469 e. The third kappa shape index (κ3) is 3.23. The Bertz CT molecular complexity index is 1090. The molecule has 4 rings (SSSR count). The zero-order valence-electron chi connectivity index (χ0n) is 15.3. The molecule has 0 aliphatic heterocycles. The lowest BCUT2D eigenvalue weighted by Gasteiger charge is -2.10. The molecule has 4 aromatic rings. The fourth-order valence-corrected chi connectivity index (χ4v) is 3.06. The van der Waals surface area contributed by atoms with Gasteiger partial charge in [0.25, 0.3) is 5.89 Å². The summed E-state index contributed by atoms with van der Waals surface area (Å²) in [5, 5.41) is 11.7. The zero-order chi connectivity index (χ0) is 19.0. The number of nitrogens with zero attached hydrogens (tertiary/aromatic N) is 2. The van der Waals surface area contributed by atoms with Crippen LogP contribution in [0, 0.1) is 13.8 Å². The number of carbonyl (C=O) groups is 1. The largest absolute Gasteiger partial charge is 0.469 e. The van der Waals surface area contributed by atoms with Crippen LogP contribution < -0.4 is 5.32 Å². The van der Waals surface area contributed by atoms with Crippen molar-refractivity contribution in [2.75, 3.05) is 0 Å². The number of carbonyl (C=O) groups excluding carboxylic acids is 1. The van der Waals surface area contributed by atoms with Crippen molar-refractivity contribution in [1.29, 1.82) is 0 Å². The maximum absolute atomic E-state index is 12.4. The Labute approximate surface area is 155 Å². The Morgan fingerprint density at radius 3 is 2.74 bits per heavy atom. The summed E-state index contributed by atoms with van der Waals surface area (Å²) >= 11 is 0. The Hall–Kier alpha value is -3.35. The summed E-state index contributed by atoms with van der Waals surface area (Å²) in [4.78, 5) is 12.4. The van der Waals surface area contributed by atoms with Gasteiger partial charge in [-0.2, -0.15) is 0 Å². The van der Waals surface area contributed by atoms with Gasteiger partial charge in [-0.05, 0) is 38.5 Å². The topological polar surface area (TPSA) is 94.3 Å². The van der Waals surface area contributed by atoms with Crippen LogP contribution in [0.15, 0.2) is 49.8 Å². The van der Waals surface area contributed by atoms with E-state index in [9.17, 15) is 4.79 Å². The van der Waals surface area contributed by atoms with Crippen LogP contribution in [0.2, 0.25) is 0 Å². The first kappa shape index (κ1) is 17.1. The number of aryl methyl sites for hydroxylation is 2. The third-order valence-electron chi connectivity index (χ3n) is 4.44. The first-order valence-electron chi connectivity index (χ1n) is 8.68. The molecule has 7 heteroatoms. The molecule has 0 saturated carbocycles. The molecule has 7 nitrogen and oxygen atoms in total. The molecular formula is C20H19N3O4. The smallest absolute Gasteiger partial charge is 0.309 e. The van der Waals surface area contributed by atoms with E-state index in [1.807, 2.05) is 51.1 Å². The molecule has 0 aliphatic rings. The molecule has 0 unspecified atom stereocenters. The van der Waals surface area contributed by atoms with Crippen molar-refractivity contribution < 1.29 is 18.0 Å². The molecule has 0 spiro atoms. The standard InChI is InChI=1S/C20H19N3O4/c1-11-6-4-8-15-13(3)17(26-16(11)15)19-22-23-20(27-19)18(24)21-12(2)10-14-7-5-9-25-14/h4-9,12H,10H2,1-3H3,(H,21,24)/t12-/m1/s1. The molecule has 3 aromatic heterocycles. The molecule has 0 radical (unpaired) electrons. The van der Waals surface area contributed by atoms with E-state index in [4.69, 9.17) is 13.3 Å². The highest BCUT2D eigenvalue weighted by Gasteiger charge is 2.22. The molecule has 1 N–H and O–H groups in total. The van der Waals surface area contributed by atoms with Gasteiger partial charge in [-0.25, -0.2) is 0 Å². The average Bonchev–Trinajstić information content (AvgIpc) is 3.36. The van der Waals surface area contributed by atoms with Crippen molar-refractivity contribution in [2.24, 2.45) is 0 Å². The summed E-state index contributed by atoms with van der Waals surface area (Å²) in [5.74, 6) is 0.925. The minimum absolute atomic E-state index is 0.104. The molecule has 0 saturated heterocycles. The number of para-hydroxylation sites is 1. The summed E-state index contributed by atoms with van der Waals surface area (Å²) in [7, 11) is 0. The van der Waals surface area contributed by atoms with E-state index in [0.29, 0.717) is 12.2 Å². The number of hydrogen-bond donors (Lipinski definition) is 1. The molecule has 3 heterocycles. The molecule has 138 valence electrons. The lowest BCUT2D eigenvalue weighted by Crippen LogP contribution is -2.34. The molecule has 0 bridgehead atoms. The number of hydrogen-bond acceptors (Lipinski definition) is 6. The number of fused-ring (bicyclic) bond motifs is 1. The van der Waals surface area contributed by atoms with Crippen LogP contribution in [0.25, 0.3) is 22.6 Å². The van der Waals surface area contributed by atoms with Gasteiger partial charge in [0.05, 0.1) is 6.26 Å². The molecule has 1 atom stereocenters. The van der Waals surface area contributed by atoms with Gasteiger partial charge in [0.2, 0.25) is 0 Å². The van der Waals surface area contributed by atoms with Crippen LogP contribution in [0.4, 0.5) is 0 Å². The van der Waals surface area contributed by atoms with Crippen LogP contribution >= 0.6 is 0 Å². The van der Waals surface area contributed by atoms with Gasteiger partial charge in [-0.1, -0.05) is 18.2 Å². The van der Waals surface area contributed by atoms with Crippen LogP contribution in [0.5, 0.6) is 0 Å². The first-order chi connectivity index (χ1) is 13.0. The summed E-state index contributed by atoms with van der Waals surface area (Å²) in [6.45, 7) is 5.78. The van der Waals surface area contributed by atoms with E-state index < -0.39 is 5.91 Å². The Kier molecular flexibility index (Phi) is 4.27. The molecule has 27 heavy (non-hydrogen) atoms. The van der Waals surface area contributed by atoms with Gasteiger partial charge in [0.15, 0.2) is 5.76 Å². The fraction of sp³-hybridized carbons (Fsp3) is 0.250. The summed E-state index contributed by atoms with van der Waals surface area (Å²) < 4.78 is 16.8. The second-order valence-electron chi connectivity index (χ2n) is 6.58. The van der Waals surface area contributed by atoms with Gasteiger partial charge < -0.3 is 18.6 Å². The van der Waals surface area contributed by atoms with Gasteiger partial charge in [0.1, 0.15) is 11.3 Å². The number of nitrogens with one attached hydrogen (secondary N) is 1. The Balaban J connectivity index is 1.54. The molecule has 0 fully saturated rings. The summed E-state index contributed by atoms with van der Waals surface area (Å²) in [5.41, 5.74) is 2.70. The average molecular weight is 365 g/mol. The Morgan fingerprint density at radius 2 is 2.00 bits per heavy atom. The van der Waals surface area contributed by atoms with Crippen LogP contribution in [0.1, 0.15) is 34.5 Å². The van der Waals surface area contributed by atoms with Crippen LogP contribution in [-0.2, 0) is 6.42 Å². The van der Waals surface area contributed by atoms with E-state index in [0.717, 1.165) is 27.9 Å². The van der Waals surface area contributed by atoms with E-state index >= 15 is 0 Å². The lowest BCUT2D eigenvalue weighted by molar-refractivity contribution is 0.0904. The monoisotopic (exact) mass is 365 g/mol. The quantitative estimate of drug-likeness (QED) is 0.573. The van der Waals surface area contributed by atoms with Gasteiger partial charge in [-0.15, -0.1) is 10.2 Å². The highest BCUT2D eigenvalue weighted by molar-refractivity contribution is 5.91. The summed E-state index contributed by atoms with van der Waals surface area (Å²) in [6, 6.07) is 9.45. The Morgan fingerprint density at radius 1 is 1.15 bits per heavy atom. The van der Waals surface area contributed by atoms with Gasteiger partial charge in [0, 0.05) is 23.4 Å². The zero-order valence-corrected chi connectivity index (χ0v) is 15.3. The van der Waals surface area contributed by atoms with E-state index in [2.05, 4.69) is 15.5 Å². The van der Waals surface area contributed by atoms with Crippen LogP contribution in [-0.4, -0.2) is 22.1 Å². The van der Waals surface area contributed by atoms with Crippen molar-refractivity contribution in [2.45, 2.75) is 33.2 Å². The number of rotatable bonds is 5. The van der Waals surface area contributed by atoms with Crippen LogP contribution in [0.3, 0.4) is 0 Å². The van der Waals surface area contributed by atoms with Gasteiger partial charge in [-0.3, -0.25) is 4.79 Å². The van der Waals surface area contributed by atoms with Crippen molar-refractivity contribution >= 4 is 16.9 Å². The second-order valence-corrected chi connectivity index (χ2v) is 6.58. The highest BCUT2D eigenvalue weighted by atomic mass is 16.4. The predicted molar refractivity (Wildman–Crippen MR) is 98.3 cm³/mol. The maximum Gasteiger partial charge on any atom is 0.309 e. The fourth-order valence-electron chi connectivity index (χ4n) is 3.06. The highest BCUT2D eigenvalue weighted by Crippen LogP contribution is 2.33. The normalized spacial score (nSPS) is 12.4. The summed E-state index contributed by atoms with van der Waals surface area (Å²) in [6.07, 6.45) is 2.17. The molecular weight excluding hydrogens is 346 g/mol. The maximum atomic E-state index is 12.4. The van der Waals surface area contributed by atoms with Crippen molar-refractivity contribution in [3.63, 3.8) is 0 Å². The van der Waals surface area contributed by atoms with Crippen molar-refractivity contribution in [3.05, 3.63) is 59.4 Å². The first-order valence-corrected chi connectivity index (χ1v) is 8.68. The number of benzene rings is 1. The van der Waals surface area contributed by atoms with Gasteiger partial charge >= 0.3 is 11.8 Å². The molecule has 0 aliphatic carbocycles. The van der Waals surface area contributed by atoms with Crippen molar-refractivity contribution in [3.8, 4) is 11.7 Å². The van der Waals surface area contributed by atoms with E-state index in [1.165, 1.54) is 0 Å². The minimum atomic E-state index is -0.433. The number of aromatic nitrogens is 2. The predicted octanol–water partition coefficient (Wildman–Crippen LogP) is 4.05. The van der Waals surface area contributed by atoms with E-state index in [-0.39, 0.29) is 17.8 Å². The van der Waals surface area contributed by atoms with E-state index in [1.54, 1.807) is 6.26 Å².